The van der Waals surface area contributed by atoms with E-state index in [9.17, 15) is 9.59 Å². The summed E-state index contributed by atoms with van der Waals surface area (Å²) in [5.41, 5.74) is 1.20. The van der Waals surface area contributed by atoms with Crippen LogP contribution in [0.15, 0.2) is 46.3 Å². The first-order valence-corrected chi connectivity index (χ1v) is 11.2. The monoisotopic (exact) mass is 475 g/mol. The van der Waals surface area contributed by atoms with E-state index in [1.807, 2.05) is 18.2 Å². The van der Waals surface area contributed by atoms with E-state index in [-0.39, 0.29) is 18.3 Å². The Bertz CT molecular complexity index is 1220. The predicted molar refractivity (Wildman–Crippen MR) is 123 cm³/mol. The van der Waals surface area contributed by atoms with Crippen LogP contribution in [0.4, 0.5) is 0 Å². The quantitative estimate of drug-likeness (QED) is 0.395. The molecule has 1 aromatic heterocycles. The van der Waals surface area contributed by atoms with Crippen LogP contribution in [0, 0.1) is 0 Å². The number of halogens is 1. The van der Waals surface area contributed by atoms with Gasteiger partial charge in [0.15, 0.2) is 16.7 Å². The Balaban J connectivity index is 1.50. The molecule has 1 N–H and O–H groups in total. The third kappa shape index (κ3) is 4.85. The second kappa shape index (κ2) is 9.81. The molecule has 0 bridgehead atoms. The van der Waals surface area contributed by atoms with Gasteiger partial charge in [0.25, 0.3) is 5.56 Å². The molecule has 1 aliphatic rings. The number of benzene rings is 2. The second-order valence-corrected chi connectivity index (χ2v) is 8.92. The average Bonchev–Trinajstić information content (AvgIpc) is 3.25. The lowest BCUT2D eigenvalue weighted by molar-refractivity contribution is -0.120. The molecule has 32 heavy (non-hydrogen) atoms. The SMILES string of the molecule is COCCn1c(SC(C)C(=O)NCc2ccc3c(c2)OCO3)nc2cc(Cl)ccc2c1=O. The van der Waals surface area contributed by atoms with Gasteiger partial charge in [-0.3, -0.25) is 14.2 Å². The summed E-state index contributed by atoms with van der Waals surface area (Å²) in [4.78, 5) is 30.3. The van der Waals surface area contributed by atoms with Crippen molar-refractivity contribution in [2.45, 2.75) is 30.4 Å². The number of thioether (sulfide) groups is 1. The van der Waals surface area contributed by atoms with Crippen LogP contribution in [0.5, 0.6) is 11.5 Å². The number of methoxy groups -OCH3 is 1. The summed E-state index contributed by atoms with van der Waals surface area (Å²) < 4.78 is 17.4. The lowest BCUT2D eigenvalue weighted by Crippen LogP contribution is -2.32. The van der Waals surface area contributed by atoms with Crippen LogP contribution < -0.4 is 20.3 Å². The number of carbonyl (C=O) groups excluding carboxylic acids is 1. The number of aromatic nitrogens is 2. The van der Waals surface area contributed by atoms with Crippen molar-refractivity contribution >= 4 is 40.2 Å². The number of amides is 1. The van der Waals surface area contributed by atoms with Crippen LogP contribution in [0.2, 0.25) is 5.02 Å². The summed E-state index contributed by atoms with van der Waals surface area (Å²) in [7, 11) is 1.57. The molecule has 1 amide bonds. The molecule has 168 valence electrons. The third-order valence-corrected chi connectivity index (χ3v) is 6.28. The molecule has 1 atom stereocenters. The molecule has 1 aliphatic heterocycles. The maximum Gasteiger partial charge on any atom is 0.262 e. The van der Waals surface area contributed by atoms with Crippen LogP contribution in [-0.4, -0.2) is 41.2 Å². The van der Waals surface area contributed by atoms with Crippen molar-refractivity contribution in [3.8, 4) is 11.5 Å². The van der Waals surface area contributed by atoms with Gasteiger partial charge in [0.2, 0.25) is 12.7 Å². The Morgan fingerprint density at radius 1 is 1.28 bits per heavy atom. The van der Waals surface area contributed by atoms with E-state index in [1.54, 1.807) is 32.2 Å². The van der Waals surface area contributed by atoms with Crippen molar-refractivity contribution in [1.82, 2.24) is 14.9 Å². The van der Waals surface area contributed by atoms with Gasteiger partial charge < -0.3 is 19.5 Å². The topological polar surface area (TPSA) is 91.7 Å². The molecule has 2 aromatic carbocycles. The average molecular weight is 476 g/mol. The highest BCUT2D eigenvalue weighted by atomic mass is 35.5. The number of nitrogens with one attached hydrogen (secondary N) is 1. The van der Waals surface area contributed by atoms with Crippen LogP contribution in [-0.2, 0) is 22.6 Å². The van der Waals surface area contributed by atoms with Gasteiger partial charge in [0.05, 0.1) is 29.3 Å². The normalized spacial score (nSPS) is 13.3. The predicted octanol–water partition coefficient (Wildman–Crippen LogP) is 3.22. The van der Waals surface area contributed by atoms with Crippen molar-refractivity contribution in [2.24, 2.45) is 0 Å². The second-order valence-electron chi connectivity index (χ2n) is 7.17. The van der Waals surface area contributed by atoms with Gasteiger partial charge in [-0.05, 0) is 42.8 Å². The summed E-state index contributed by atoms with van der Waals surface area (Å²) in [6, 6.07) is 10.5. The van der Waals surface area contributed by atoms with E-state index in [4.69, 9.17) is 25.8 Å². The lowest BCUT2D eigenvalue weighted by Gasteiger charge is -2.16. The minimum Gasteiger partial charge on any atom is -0.454 e. The zero-order valence-electron chi connectivity index (χ0n) is 17.6. The highest BCUT2D eigenvalue weighted by Gasteiger charge is 2.20. The molecule has 1 unspecified atom stereocenters. The van der Waals surface area contributed by atoms with E-state index in [1.165, 1.54) is 16.3 Å². The smallest absolute Gasteiger partial charge is 0.262 e. The first-order valence-electron chi connectivity index (χ1n) is 9.98. The Morgan fingerprint density at radius 3 is 2.91 bits per heavy atom. The van der Waals surface area contributed by atoms with Crippen LogP contribution in [0.25, 0.3) is 10.9 Å². The standard InChI is InChI=1S/C22H22ClN3O5S/c1-13(20(27)24-11-14-3-6-18-19(9-14)31-12-30-18)32-22-25-17-10-15(23)4-5-16(17)21(28)26(22)7-8-29-2/h3-6,9-10,13H,7-8,11-12H2,1-2H3,(H,24,27). The van der Waals surface area contributed by atoms with Crippen molar-refractivity contribution in [1.29, 1.82) is 0 Å². The van der Waals surface area contributed by atoms with Gasteiger partial charge in [-0.2, -0.15) is 0 Å². The largest absolute Gasteiger partial charge is 0.454 e. The zero-order chi connectivity index (χ0) is 22.7. The first kappa shape index (κ1) is 22.4. The summed E-state index contributed by atoms with van der Waals surface area (Å²) in [5.74, 6) is 1.19. The molecular weight excluding hydrogens is 454 g/mol. The van der Waals surface area contributed by atoms with E-state index in [2.05, 4.69) is 10.3 Å². The Kier molecular flexibility index (Phi) is 6.88. The molecular formula is C22H22ClN3O5S. The Labute approximate surface area is 193 Å². The minimum absolute atomic E-state index is 0.175. The third-order valence-electron chi connectivity index (χ3n) is 4.96. The molecule has 4 rings (SSSR count). The first-order chi connectivity index (χ1) is 15.5. The van der Waals surface area contributed by atoms with E-state index in [0.29, 0.717) is 52.3 Å². The number of rotatable bonds is 8. The van der Waals surface area contributed by atoms with Gasteiger partial charge in [0.1, 0.15) is 0 Å². The number of hydrogen-bond donors (Lipinski definition) is 1. The van der Waals surface area contributed by atoms with Crippen LogP contribution in [0.3, 0.4) is 0 Å². The molecule has 0 radical (unpaired) electrons. The number of fused-ring (bicyclic) bond motifs is 2. The van der Waals surface area contributed by atoms with Crippen molar-refractivity contribution < 1.29 is 19.0 Å². The fourth-order valence-electron chi connectivity index (χ4n) is 3.24. The molecule has 0 spiro atoms. The summed E-state index contributed by atoms with van der Waals surface area (Å²) >= 11 is 7.30. The van der Waals surface area contributed by atoms with Gasteiger partial charge >= 0.3 is 0 Å². The van der Waals surface area contributed by atoms with Crippen molar-refractivity contribution in [3.05, 3.63) is 57.3 Å². The van der Waals surface area contributed by atoms with E-state index >= 15 is 0 Å². The highest BCUT2D eigenvalue weighted by Crippen LogP contribution is 2.32. The van der Waals surface area contributed by atoms with Gasteiger partial charge in [0, 0.05) is 18.7 Å². The fraction of sp³-hybridized carbons (Fsp3) is 0.318. The number of ether oxygens (including phenoxy) is 3. The van der Waals surface area contributed by atoms with E-state index in [0.717, 1.165) is 5.56 Å². The van der Waals surface area contributed by atoms with Gasteiger partial charge in [-0.1, -0.05) is 29.4 Å². The maximum absolute atomic E-state index is 13.0. The highest BCUT2D eigenvalue weighted by molar-refractivity contribution is 8.00. The van der Waals surface area contributed by atoms with E-state index < -0.39 is 5.25 Å². The lowest BCUT2D eigenvalue weighted by atomic mass is 10.2. The molecule has 8 nitrogen and oxygen atoms in total. The van der Waals surface area contributed by atoms with Crippen molar-refractivity contribution in [3.63, 3.8) is 0 Å². The number of nitrogens with zero attached hydrogens (tertiary/aromatic N) is 2. The van der Waals surface area contributed by atoms with Crippen LogP contribution in [0.1, 0.15) is 12.5 Å². The fourth-order valence-corrected chi connectivity index (χ4v) is 4.36. The Morgan fingerprint density at radius 2 is 2.09 bits per heavy atom. The number of carbonyl (C=O) groups is 1. The minimum atomic E-state index is -0.485. The van der Waals surface area contributed by atoms with Gasteiger partial charge in [-0.25, -0.2) is 4.98 Å². The summed E-state index contributed by atoms with van der Waals surface area (Å²) in [6.07, 6.45) is 0. The molecule has 0 saturated carbocycles. The van der Waals surface area contributed by atoms with Crippen molar-refractivity contribution in [2.75, 3.05) is 20.5 Å². The maximum atomic E-state index is 13.0. The zero-order valence-corrected chi connectivity index (χ0v) is 19.2. The molecule has 10 heteroatoms. The Hall–Kier alpha value is -2.75. The molecule has 3 aromatic rings. The summed E-state index contributed by atoms with van der Waals surface area (Å²) in [6.45, 7) is 2.99. The molecule has 0 saturated heterocycles. The van der Waals surface area contributed by atoms with Gasteiger partial charge in [-0.15, -0.1) is 0 Å². The molecule has 0 aliphatic carbocycles. The molecule has 0 fully saturated rings. The number of hydrogen-bond acceptors (Lipinski definition) is 7. The molecule has 2 heterocycles. The van der Waals surface area contributed by atoms with Crippen LogP contribution >= 0.6 is 23.4 Å². The summed E-state index contributed by atoms with van der Waals surface area (Å²) in [5, 5.41) is 3.83.